The van der Waals surface area contributed by atoms with Crippen molar-refractivity contribution < 1.29 is 8.83 Å². The van der Waals surface area contributed by atoms with Crippen molar-refractivity contribution >= 4 is 71.7 Å². The highest BCUT2D eigenvalue weighted by atomic mass is 16.3. The molecule has 0 aliphatic heterocycles. The number of hydrogen-bond donors (Lipinski definition) is 0. The molecule has 0 bridgehead atoms. The van der Waals surface area contributed by atoms with Crippen molar-refractivity contribution in [1.82, 2.24) is 0 Å². The first-order valence-corrected chi connectivity index (χ1v) is 14.5. The molecule has 0 aliphatic rings. The standard InChI is InChI=1S/C40H25NO2/c1-2-12-27(13-3-1)29-24-25-34(39-31-18-7-9-22-36(31)43-40(29)39)41(32-19-10-15-26-14-4-5-16-28(26)32)33-20-11-23-37-38(33)30-17-6-8-21-35(30)42-37/h1-25H. The van der Waals surface area contributed by atoms with Crippen molar-refractivity contribution in [2.75, 3.05) is 4.90 Å². The molecule has 0 atom stereocenters. The second-order valence-electron chi connectivity index (χ2n) is 10.9. The summed E-state index contributed by atoms with van der Waals surface area (Å²) in [7, 11) is 0. The zero-order valence-corrected chi connectivity index (χ0v) is 23.2. The summed E-state index contributed by atoms with van der Waals surface area (Å²) in [5, 5.41) is 6.69. The lowest BCUT2D eigenvalue weighted by molar-refractivity contribution is 0.669. The van der Waals surface area contributed by atoms with Gasteiger partial charge in [0.25, 0.3) is 0 Å². The molecular formula is C40H25NO2. The molecule has 43 heavy (non-hydrogen) atoms. The van der Waals surface area contributed by atoms with Gasteiger partial charge in [0.05, 0.1) is 27.8 Å². The van der Waals surface area contributed by atoms with Crippen LogP contribution in [0.2, 0.25) is 0 Å². The molecule has 0 fully saturated rings. The van der Waals surface area contributed by atoms with Gasteiger partial charge in [-0.1, -0.05) is 109 Å². The lowest BCUT2D eigenvalue weighted by Crippen LogP contribution is -2.11. The van der Waals surface area contributed by atoms with Gasteiger partial charge in [-0.25, -0.2) is 0 Å². The van der Waals surface area contributed by atoms with Gasteiger partial charge in [-0.05, 0) is 53.4 Å². The molecule has 0 unspecified atom stereocenters. The Morgan fingerprint density at radius 3 is 1.79 bits per heavy atom. The number of fused-ring (bicyclic) bond motifs is 7. The Bertz CT molecular complexity index is 2460. The number of benzene rings is 7. The summed E-state index contributed by atoms with van der Waals surface area (Å²) in [5.41, 5.74) is 8.87. The van der Waals surface area contributed by atoms with E-state index < -0.39 is 0 Å². The fourth-order valence-corrected chi connectivity index (χ4v) is 6.58. The van der Waals surface area contributed by atoms with Crippen LogP contribution in [0.25, 0.3) is 65.8 Å². The van der Waals surface area contributed by atoms with Gasteiger partial charge in [-0.15, -0.1) is 0 Å². The maximum absolute atomic E-state index is 6.69. The summed E-state index contributed by atoms with van der Waals surface area (Å²) in [4.78, 5) is 2.39. The van der Waals surface area contributed by atoms with Gasteiger partial charge < -0.3 is 13.7 Å². The van der Waals surface area contributed by atoms with Crippen LogP contribution in [-0.4, -0.2) is 0 Å². The normalized spacial score (nSPS) is 11.7. The third-order valence-corrected chi connectivity index (χ3v) is 8.46. The Morgan fingerprint density at radius 2 is 0.953 bits per heavy atom. The predicted octanol–water partition coefficient (Wildman–Crippen LogP) is 11.8. The van der Waals surface area contributed by atoms with E-state index in [-0.39, 0.29) is 0 Å². The highest BCUT2D eigenvalue weighted by molar-refractivity contribution is 6.21. The molecule has 9 rings (SSSR count). The van der Waals surface area contributed by atoms with Crippen LogP contribution in [0.4, 0.5) is 17.1 Å². The van der Waals surface area contributed by atoms with Crippen molar-refractivity contribution in [2.45, 2.75) is 0 Å². The van der Waals surface area contributed by atoms with Crippen LogP contribution in [0.3, 0.4) is 0 Å². The molecule has 0 aliphatic carbocycles. The van der Waals surface area contributed by atoms with Gasteiger partial charge in [0.15, 0.2) is 0 Å². The van der Waals surface area contributed by atoms with Crippen molar-refractivity contribution in [2.24, 2.45) is 0 Å². The summed E-state index contributed by atoms with van der Waals surface area (Å²) in [5.74, 6) is 0. The number of anilines is 3. The molecule has 3 nitrogen and oxygen atoms in total. The van der Waals surface area contributed by atoms with Crippen LogP contribution < -0.4 is 4.90 Å². The summed E-state index contributed by atoms with van der Waals surface area (Å²) < 4.78 is 13.1. The summed E-state index contributed by atoms with van der Waals surface area (Å²) >= 11 is 0. The van der Waals surface area contributed by atoms with E-state index in [1.165, 1.54) is 10.8 Å². The molecule has 0 radical (unpaired) electrons. The van der Waals surface area contributed by atoms with Crippen molar-refractivity contribution in [3.05, 3.63) is 152 Å². The van der Waals surface area contributed by atoms with Crippen molar-refractivity contribution in [3.63, 3.8) is 0 Å². The Balaban J connectivity index is 1.45. The topological polar surface area (TPSA) is 29.5 Å². The second kappa shape index (κ2) is 9.37. The van der Waals surface area contributed by atoms with Gasteiger partial charge in [0, 0.05) is 21.7 Å². The predicted molar refractivity (Wildman–Crippen MR) is 179 cm³/mol. The van der Waals surface area contributed by atoms with Gasteiger partial charge in [-0.2, -0.15) is 0 Å². The van der Waals surface area contributed by atoms with Crippen molar-refractivity contribution in [1.29, 1.82) is 0 Å². The van der Waals surface area contributed by atoms with Gasteiger partial charge >= 0.3 is 0 Å². The Labute approximate surface area is 247 Å². The Kier molecular flexibility index (Phi) is 5.20. The van der Waals surface area contributed by atoms with Crippen LogP contribution in [0.5, 0.6) is 0 Å². The number of furan rings is 2. The van der Waals surface area contributed by atoms with E-state index in [1.807, 2.05) is 24.3 Å². The minimum absolute atomic E-state index is 0.859. The first-order valence-electron chi connectivity index (χ1n) is 14.5. The summed E-state index contributed by atoms with van der Waals surface area (Å²) in [6, 6.07) is 53.0. The summed E-state index contributed by atoms with van der Waals surface area (Å²) in [6.07, 6.45) is 0. The minimum Gasteiger partial charge on any atom is -0.456 e. The van der Waals surface area contributed by atoms with E-state index in [1.54, 1.807) is 0 Å². The third kappa shape index (κ3) is 3.62. The minimum atomic E-state index is 0.859. The molecule has 0 N–H and O–H groups in total. The quantitative estimate of drug-likeness (QED) is 0.218. The molecule has 202 valence electrons. The molecule has 0 spiro atoms. The van der Waals surface area contributed by atoms with Crippen LogP contribution in [0.15, 0.2) is 160 Å². The Morgan fingerprint density at radius 1 is 0.372 bits per heavy atom. The SMILES string of the molecule is c1ccc(-c2ccc(N(c3cccc4ccccc34)c3cccc4oc5ccccc5c34)c3c2oc2ccccc23)cc1. The van der Waals surface area contributed by atoms with Crippen LogP contribution in [0, 0.1) is 0 Å². The Hall–Kier alpha value is -5.80. The van der Waals surface area contributed by atoms with Crippen LogP contribution >= 0.6 is 0 Å². The van der Waals surface area contributed by atoms with E-state index in [2.05, 4.69) is 132 Å². The lowest BCUT2D eigenvalue weighted by atomic mass is 9.98. The molecule has 7 aromatic carbocycles. The van der Waals surface area contributed by atoms with Gasteiger partial charge in [0.2, 0.25) is 0 Å². The molecule has 0 amide bonds. The number of nitrogens with zero attached hydrogens (tertiary/aromatic N) is 1. The average Bonchev–Trinajstić information content (AvgIpc) is 3.65. The monoisotopic (exact) mass is 551 g/mol. The van der Waals surface area contributed by atoms with E-state index in [0.717, 1.165) is 72.1 Å². The fraction of sp³-hybridized carbons (Fsp3) is 0. The smallest absolute Gasteiger partial charge is 0.145 e. The van der Waals surface area contributed by atoms with E-state index in [0.29, 0.717) is 0 Å². The highest BCUT2D eigenvalue weighted by Gasteiger charge is 2.25. The third-order valence-electron chi connectivity index (χ3n) is 8.46. The first kappa shape index (κ1) is 23.9. The molecule has 0 saturated carbocycles. The van der Waals surface area contributed by atoms with Crippen LogP contribution in [-0.2, 0) is 0 Å². The summed E-state index contributed by atoms with van der Waals surface area (Å²) in [6.45, 7) is 0. The van der Waals surface area contributed by atoms with Gasteiger partial charge in [0.1, 0.15) is 22.3 Å². The number of para-hydroxylation sites is 2. The van der Waals surface area contributed by atoms with Crippen LogP contribution in [0.1, 0.15) is 0 Å². The maximum atomic E-state index is 6.69. The fourth-order valence-electron chi connectivity index (χ4n) is 6.58. The van der Waals surface area contributed by atoms with Crippen molar-refractivity contribution in [3.8, 4) is 11.1 Å². The van der Waals surface area contributed by atoms with E-state index >= 15 is 0 Å². The molecule has 0 saturated heterocycles. The first-order chi connectivity index (χ1) is 21.3. The molecule has 3 heteroatoms. The number of hydrogen-bond acceptors (Lipinski definition) is 3. The van der Waals surface area contributed by atoms with E-state index in [4.69, 9.17) is 8.83 Å². The highest BCUT2D eigenvalue weighted by Crippen LogP contribution is 2.49. The molecule has 9 aromatic rings. The second-order valence-corrected chi connectivity index (χ2v) is 10.9. The lowest BCUT2D eigenvalue weighted by Gasteiger charge is -2.28. The molecule has 2 aromatic heterocycles. The average molecular weight is 552 g/mol. The zero-order chi connectivity index (χ0) is 28.3. The maximum Gasteiger partial charge on any atom is 0.145 e. The largest absolute Gasteiger partial charge is 0.456 e. The van der Waals surface area contributed by atoms with Gasteiger partial charge in [-0.3, -0.25) is 0 Å². The van der Waals surface area contributed by atoms with E-state index in [9.17, 15) is 0 Å². The number of rotatable bonds is 4. The zero-order valence-electron chi connectivity index (χ0n) is 23.2. The molecular weight excluding hydrogens is 526 g/mol. The molecule has 2 heterocycles.